The lowest BCUT2D eigenvalue weighted by Gasteiger charge is -2.11. The van der Waals surface area contributed by atoms with Gasteiger partial charge >= 0.3 is 0 Å². The van der Waals surface area contributed by atoms with Gasteiger partial charge in [0.15, 0.2) is 5.65 Å². The highest BCUT2D eigenvalue weighted by Crippen LogP contribution is 2.35. The summed E-state index contributed by atoms with van der Waals surface area (Å²) in [6.07, 6.45) is 4.86. The molecule has 0 atom stereocenters. The van der Waals surface area contributed by atoms with Crippen molar-refractivity contribution in [3.63, 3.8) is 0 Å². The maximum absolute atomic E-state index is 6.11. The van der Waals surface area contributed by atoms with Gasteiger partial charge < -0.3 is 16.9 Å². The lowest BCUT2D eigenvalue weighted by Crippen LogP contribution is -2.00. The van der Waals surface area contributed by atoms with Gasteiger partial charge in [-0.3, -0.25) is 4.98 Å². The van der Waals surface area contributed by atoms with Crippen LogP contribution in [0.2, 0.25) is 0 Å². The SMILES string of the molecule is Cc1nc(N)c2cccc(-c3ncccc3-c3ncnc4nc[nH]c34)c2n1.N. The van der Waals surface area contributed by atoms with E-state index in [2.05, 4.69) is 34.9 Å². The molecule has 0 unspecified atom stereocenters. The van der Waals surface area contributed by atoms with Crippen molar-refractivity contribution in [2.24, 2.45) is 0 Å². The van der Waals surface area contributed by atoms with Crippen molar-refractivity contribution in [2.75, 3.05) is 5.73 Å². The number of fused-ring (bicyclic) bond motifs is 2. The first kappa shape index (κ1) is 17.4. The van der Waals surface area contributed by atoms with Crippen LogP contribution in [0.3, 0.4) is 0 Å². The van der Waals surface area contributed by atoms with Crippen molar-refractivity contribution in [1.29, 1.82) is 0 Å². The van der Waals surface area contributed by atoms with Gasteiger partial charge in [0.2, 0.25) is 0 Å². The average Bonchev–Trinajstić information content (AvgIpc) is 3.16. The number of nitrogen functional groups attached to an aromatic ring is 1. The van der Waals surface area contributed by atoms with Crippen LogP contribution < -0.4 is 11.9 Å². The molecule has 0 aliphatic rings. The summed E-state index contributed by atoms with van der Waals surface area (Å²) in [7, 11) is 0. The van der Waals surface area contributed by atoms with Crippen LogP contribution >= 0.6 is 0 Å². The van der Waals surface area contributed by atoms with Gasteiger partial charge in [0.1, 0.15) is 29.2 Å². The van der Waals surface area contributed by atoms with Gasteiger partial charge in [0, 0.05) is 22.7 Å². The van der Waals surface area contributed by atoms with Crippen LogP contribution in [-0.4, -0.2) is 34.9 Å². The van der Waals surface area contributed by atoms with Crippen molar-refractivity contribution in [2.45, 2.75) is 6.92 Å². The van der Waals surface area contributed by atoms with Crippen molar-refractivity contribution in [3.8, 4) is 22.5 Å². The van der Waals surface area contributed by atoms with Gasteiger partial charge in [-0.2, -0.15) is 0 Å². The summed E-state index contributed by atoms with van der Waals surface area (Å²) in [5, 5.41) is 0.795. The molecule has 0 saturated carbocycles. The third-order valence-electron chi connectivity index (χ3n) is 4.41. The minimum Gasteiger partial charge on any atom is -0.383 e. The van der Waals surface area contributed by atoms with E-state index in [1.165, 1.54) is 6.33 Å². The average molecular weight is 371 g/mol. The van der Waals surface area contributed by atoms with Crippen molar-refractivity contribution >= 4 is 27.9 Å². The van der Waals surface area contributed by atoms with E-state index < -0.39 is 0 Å². The molecule has 0 saturated heterocycles. The van der Waals surface area contributed by atoms with Crippen LogP contribution in [0, 0.1) is 6.92 Å². The maximum Gasteiger partial charge on any atom is 0.181 e. The topological polar surface area (TPSA) is 154 Å². The van der Waals surface area contributed by atoms with Crippen LogP contribution in [-0.2, 0) is 0 Å². The van der Waals surface area contributed by atoms with Crippen molar-refractivity contribution in [3.05, 3.63) is 55.0 Å². The third-order valence-corrected chi connectivity index (χ3v) is 4.41. The number of aryl methyl sites for hydroxylation is 1. The quantitative estimate of drug-likeness (QED) is 0.427. The number of hydrogen-bond acceptors (Lipinski definition) is 8. The number of aromatic amines is 1. The number of rotatable bonds is 2. The van der Waals surface area contributed by atoms with E-state index >= 15 is 0 Å². The fourth-order valence-corrected chi connectivity index (χ4v) is 3.26. The first-order valence-electron chi connectivity index (χ1n) is 8.35. The Morgan fingerprint density at radius 2 is 1.75 bits per heavy atom. The number of benzene rings is 1. The second kappa shape index (κ2) is 6.63. The lowest BCUT2D eigenvalue weighted by atomic mass is 10.00. The largest absolute Gasteiger partial charge is 0.383 e. The second-order valence-electron chi connectivity index (χ2n) is 6.08. The Labute approximate surface area is 159 Å². The predicted molar refractivity (Wildman–Crippen MR) is 108 cm³/mol. The molecule has 9 heteroatoms. The number of H-pyrrole nitrogens is 1. The van der Waals surface area contributed by atoms with Crippen LogP contribution in [0.5, 0.6) is 0 Å². The molecular weight excluding hydrogens is 354 g/mol. The molecule has 4 aromatic heterocycles. The maximum atomic E-state index is 6.11. The molecule has 0 amide bonds. The highest BCUT2D eigenvalue weighted by molar-refractivity contribution is 6.02. The minimum absolute atomic E-state index is 0. The number of nitrogens with zero attached hydrogens (tertiary/aromatic N) is 6. The van der Waals surface area contributed by atoms with Crippen molar-refractivity contribution < 1.29 is 0 Å². The van der Waals surface area contributed by atoms with Gasteiger partial charge in [-0.15, -0.1) is 0 Å². The molecule has 0 bridgehead atoms. The Balaban J connectivity index is 0.00000192. The number of para-hydroxylation sites is 1. The number of aromatic nitrogens is 7. The Hall–Kier alpha value is -3.98. The number of anilines is 1. The Bertz CT molecular complexity index is 1310. The number of nitrogens with one attached hydrogen (secondary N) is 1. The van der Waals surface area contributed by atoms with Gasteiger partial charge in [0.05, 0.1) is 17.5 Å². The molecule has 6 N–H and O–H groups in total. The van der Waals surface area contributed by atoms with E-state index in [1.807, 2.05) is 37.3 Å². The van der Waals surface area contributed by atoms with E-state index in [9.17, 15) is 0 Å². The predicted octanol–water partition coefficient (Wildman–Crippen LogP) is 3.08. The summed E-state index contributed by atoms with van der Waals surface area (Å²) >= 11 is 0. The monoisotopic (exact) mass is 371 g/mol. The zero-order valence-corrected chi connectivity index (χ0v) is 15.1. The standard InChI is InChI=1S/C19H14N8.H3N/c1-10-26-15-11(4-2-5-13(15)18(20)27-10)14-12(6-3-7-21-14)16-17-19(24-8-22-16)25-9-23-17;/h2-9H,1H3,(H2,20,26,27)(H,22,23,24,25);1H3. The fraction of sp³-hybridized carbons (Fsp3) is 0.0526. The van der Waals surface area contributed by atoms with Crippen molar-refractivity contribution in [1.82, 2.24) is 41.0 Å². The Kier molecular flexibility index (Phi) is 4.13. The molecular formula is C19H17N9. The van der Waals surface area contributed by atoms with E-state index in [0.29, 0.717) is 17.3 Å². The highest BCUT2D eigenvalue weighted by Gasteiger charge is 2.17. The molecule has 28 heavy (non-hydrogen) atoms. The number of nitrogens with two attached hydrogens (primary N) is 1. The highest BCUT2D eigenvalue weighted by atomic mass is 15.0. The molecule has 138 valence electrons. The van der Waals surface area contributed by atoms with Gasteiger partial charge in [-0.05, 0) is 25.1 Å². The van der Waals surface area contributed by atoms with E-state index in [4.69, 9.17) is 5.73 Å². The minimum atomic E-state index is 0. The van der Waals surface area contributed by atoms with Gasteiger partial charge in [-0.1, -0.05) is 12.1 Å². The zero-order valence-electron chi connectivity index (χ0n) is 15.1. The molecule has 0 fully saturated rings. The zero-order chi connectivity index (χ0) is 18.4. The normalized spacial score (nSPS) is 10.9. The van der Waals surface area contributed by atoms with Crippen LogP contribution in [0.1, 0.15) is 5.82 Å². The molecule has 9 nitrogen and oxygen atoms in total. The van der Waals surface area contributed by atoms with Crippen LogP contribution in [0.4, 0.5) is 5.82 Å². The molecule has 4 heterocycles. The van der Waals surface area contributed by atoms with Gasteiger partial charge in [0.25, 0.3) is 0 Å². The van der Waals surface area contributed by atoms with Gasteiger partial charge in [-0.25, -0.2) is 24.9 Å². The van der Waals surface area contributed by atoms with E-state index in [-0.39, 0.29) is 6.15 Å². The first-order chi connectivity index (χ1) is 13.2. The van der Waals surface area contributed by atoms with E-state index in [0.717, 1.165) is 38.9 Å². The van der Waals surface area contributed by atoms with Crippen LogP contribution in [0.25, 0.3) is 44.6 Å². The first-order valence-corrected chi connectivity index (χ1v) is 8.35. The summed E-state index contributed by atoms with van der Waals surface area (Å²) in [5.74, 6) is 1.07. The van der Waals surface area contributed by atoms with E-state index in [1.54, 1.807) is 12.5 Å². The molecule has 0 aliphatic heterocycles. The number of pyridine rings is 1. The Morgan fingerprint density at radius 3 is 2.64 bits per heavy atom. The molecule has 5 rings (SSSR count). The van der Waals surface area contributed by atoms with Crippen LogP contribution in [0.15, 0.2) is 49.2 Å². The molecule has 5 aromatic rings. The summed E-state index contributed by atoms with van der Waals surface area (Å²) < 4.78 is 0. The number of imidazole rings is 1. The second-order valence-corrected chi connectivity index (χ2v) is 6.08. The summed E-state index contributed by atoms with van der Waals surface area (Å²) in [6.45, 7) is 1.82. The number of hydrogen-bond donors (Lipinski definition) is 3. The molecule has 0 radical (unpaired) electrons. The molecule has 0 spiro atoms. The summed E-state index contributed by atoms with van der Waals surface area (Å²) in [6, 6.07) is 9.67. The lowest BCUT2D eigenvalue weighted by molar-refractivity contribution is 1.10. The Morgan fingerprint density at radius 1 is 0.893 bits per heavy atom. The molecule has 1 aromatic carbocycles. The molecule has 0 aliphatic carbocycles. The smallest absolute Gasteiger partial charge is 0.181 e. The summed E-state index contributed by atoms with van der Waals surface area (Å²) in [4.78, 5) is 29.5. The fourth-order valence-electron chi connectivity index (χ4n) is 3.26. The third kappa shape index (κ3) is 2.61. The summed E-state index contributed by atoms with van der Waals surface area (Å²) in [5.41, 5.74) is 11.5.